The zero-order valence-corrected chi connectivity index (χ0v) is 28.4. The third-order valence-electron chi connectivity index (χ3n) is 12.9. The van der Waals surface area contributed by atoms with E-state index in [9.17, 15) is 0 Å². The Balaban J connectivity index is 1.04. The quantitative estimate of drug-likeness (QED) is 0.167. The van der Waals surface area contributed by atoms with Gasteiger partial charge in [-0.25, -0.2) is 13.2 Å². The van der Waals surface area contributed by atoms with Crippen LogP contribution in [-0.2, 0) is 0 Å². The van der Waals surface area contributed by atoms with Crippen LogP contribution in [0.15, 0.2) is 18.2 Å². The van der Waals surface area contributed by atoms with Crippen molar-refractivity contribution in [1.29, 1.82) is 0 Å². The molecule has 0 amide bonds. The lowest BCUT2D eigenvalue weighted by Crippen LogP contribution is -2.25. The van der Waals surface area contributed by atoms with Crippen molar-refractivity contribution in [2.45, 2.75) is 167 Å². The normalized spacial score (nSPS) is 27.9. The van der Waals surface area contributed by atoms with Gasteiger partial charge in [0.2, 0.25) is 0 Å². The molecule has 0 N–H and O–H groups in total. The lowest BCUT2D eigenvalue weighted by molar-refractivity contribution is 0.155. The Morgan fingerprint density at radius 2 is 0.978 bits per heavy atom. The number of unbranched alkanes of at least 4 members (excludes halogenated alkanes) is 6. The first-order valence-corrected chi connectivity index (χ1v) is 19.3. The Hall–Kier alpha value is -1.77. The zero-order chi connectivity index (χ0) is 31.3. The Morgan fingerprint density at radius 1 is 0.489 bits per heavy atom. The molecule has 4 aliphatic carbocycles. The third-order valence-corrected chi connectivity index (χ3v) is 12.9. The van der Waals surface area contributed by atoms with Crippen molar-refractivity contribution in [2.75, 3.05) is 0 Å². The summed E-state index contributed by atoms with van der Waals surface area (Å²) in [5.41, 5.74) is 3.27. The van der Waals surface area contributed by atoms with Crippen LogP contribution in [0.1, 0.15) is 178 Å². The smallest absolute Gasteiger partial charge is 0.167 e. The van der Waals surface area contributed by atoms with Crippen molar-refractivity contribution < 1.29 is 13.2 Å². The van der Waals surface area contributed by atoms with E-state index >= 15 is 13.2 Å². The molecule has 2 aromatic rings. The second-order valence-electron chi connectivity index (χ2n) is 15.7. The second-order valence-corrected chi connectivity index (χ2v) is 15.7. The van der Waals surface area contributed by atoms with Gasteiger partial charge in [0.25, 0.3) is 0 Å². The monoisotopic (exact) mass is 620 g/mol. The Labute approximate surface area is 272 Å². The van der Waals surface area contributed by atoms with E-state index in [-0.39, 0.29) is 23.2 Å². The summed E-state index contributed by atoms with van der Waals surface area (Å²) in [7, 11) is 0. The summed E-state index contributed by atoms with van der Waals surface area (Å²) in [6.45, 7) is 4.52. The van der Waals surface area contributed by atoms with Crippen molar-refractivity contribution in [1.82, 2.24) is 0 Å². The molecule has 0 aromatic heterocycles. The minimum atomic E-state index is -0.823. The van der Waals surface area contributed by atoms with Gasteiger partial charge < -0.3 is 0 Å². The van der Waals surface area contributed by atoms with Gasteiger partial charge in [0, 0.05) is 11.1 Å². The summed E-state index contributed by atoms with van der Waals surface area (Å²) in [5, 5.41) is 0. The summed E-state index contributed by atoms with van der Waals surface area (Å²) in [4.78, 5) is 0. The minimum absolute atomic E-state index is 0.0705. The highest BCUT2D eigenvalue weighted by Gasteiger charge is 2.38. The van der Waals surface area contributed by atoms with Crippen LogP contribution in [0.5, 0.6) is 0 Å². The van der Waals surface area contributed by atoms with Gasteiger partial charge >= 0.3 is 0 Å². The number of hydrogen-bond acceptors (Lipinski definition) is 0. The van der Waals surface area contributed by atoms with Crippen LogP contribution in [0.3, 0.4) is 0 Å². The molecule has 3 saturated carbocycles. The minimum Gasteiger partial charge on any atom is -0.206 e. The molecule has 3 fully saturated rings. The van der Waals surface area contributed by atoms with Gasteiger partial charge in [0.15, 0.2) is 11.6 Å². The molecule has 3 heteroatoms. The molecule has 2 aromatic carbocycles. The Bertz CT molecular complexity index is 1260. The molecule has 0 aliphatic heterocycles. The van der Waals surface area contributed by atoms with Crippen LogP contribution in [-0.4, -0.2) is 0 Å². The first kappa shape index (κ1) is 33.1. The van der Waals surface area contributed by atoms with E-state index in [1.807, 2.05) is 18.2 Å². The number of rotatable bonds is 13. The van der Waals surface area contributed by atoms with Gasteiger partial charge in [-0.1, -0.05) is 103 Å². The van der Waals surface area contributed by atoms with E-state index in [0.717, 1.165) is 78.9 Å². The highest BCUT2D eigenvalue weighted by atomic mass is 19.2. The van der Waals surface area contributed by atoms with Crippen molar-refractivity contribution in [3.63, 3.8) is 0 Å². The number of hydrogen-bond donors (Lipinski definition) is 0. The van der Waals surface area contributed by atoms with E-state index in [1.165, 1.54) is 103 Å². The maximum absolute atomic E-state index is 16.1. The maximum atomic E-state index is 16.1. The van der Waals surface area contributed by atoms with Gasteiger partial charge in [-0.05, 0) is 128 Å². The lowest BCUT2D eigenvalue weighted by atomic mass is 9.67. The van der Waals surface area contributed by atoms with E-state index < -0.39 is 11.6 Å². The van der Waals surface area contributed by atoms with Crippen LogP contribution in [0.25, 0.3) is 22.3 Å². The fraction of sp³-hybridized carbons (Fsp3) is 0.714. The summed E-state index contributed by atoms with van der Waals surface area (Å²) in [6, 6.07) is 5.83. The van der Waals surface area contributed by atoms with Crippen LogP contribution in [0, 0.1) is 41.1 Å². The molecule has 0 nitrogen and oxygen atoms in total. The average molecular weight is 621 g/mol. The van der Waals surface area contributed by atoms with E-state index in [1.54, 1.807) is 0 Å². The molecule has 4 aliphatic rings. The SMILES string of the molecule is CCCCCCCC1CCC(C2CCC(c3ccc4c(c3F)-c3c-4cc(C4CCC(CCCCC)CC4)c(F)c3F)CC2)CC1. The Morgan fingerprint density at radius 3 is 1.62 bits per heavy atom. The van der Waals surface area contributed by atoms with E-state index in [2.05, 4.69) is 13.8 Å². The van der Waals surface area contributed by atoms with Gasteiger partial charge in [0.05, 0.1) is 0 Å². The molecule has 45 heavy (non-hydrogen) atoms. The summed E-state index contributed by atoms with van der Waals surface area (Å²) in [6.07, 6.45) is 27.4. The molecule has 0 bridgehead atoms. The van der Waals surface area contributed by atoms with Crippen molar-refractivity contribution >= 4 is 0 Å². The summed E-state index contributed by atoms with van der Waals surface area (Å²) in [5.74, 6) is 1.70. The standard InChI is InChI=1S/C42H59F3/c1-3-5-7-8-10-12-29-13-17-30(18-14-29)31-21-23-32(24-22-31)34-25-26-35-37-27-36(41(44)42(45)39(37)38(35)40(34)43)33-19-15-28(16-20-33)11-9-6-4-2/h25-33H,3-24H2,1-2H3. The van der Waals surface area contributed by atoms with Gasteiger partial charge in [-0.2, -0.15) is 0 Å². The van der Waals surface area contributed by atoms with Crippen molar-refractivity contribution in [3.8, 4) is 22.3 Å². The van der Waals surface area contributed by atoms with Gasteiger partial charge in [-0.15, -0.1) is 0 Å². The van der Waals surface area contributed by atoms with E-state index in [0.29, 0.717) is 11.1 Å². The molecule has 0 saturated heterocycles. The molecule has 6 rings (SSSR count). The number of halogens is 3. The second kappa shape index (κ2) is 15.4. The first-order valence-electron chi connectivity index (χ1n) is 19.3. The maximum Gasteiger partial charge on any atom is 0.167 e. The molecular formula is C42H59F3. The van der Waals surface area contributed by atoms with Crippen LogP contribution in [0.2, 0.25) is 0 Å². The molecular weight excluding hydrogens is 561 g/mol. The van der Waals surface area contributed by atoms with Crippen molar-refractivity contribution in [3.05, 3.63) is 46.8 Å². The van der Waals surface area contributed by atoms with Gasteiger partial charge in [-0.3, -0.25) is 0 Å². The highest BCUT2D eigenvalue weighted by Crippen LogP contribution is 2.55. The van der Waals surface area contributed by atoms with E-state index in [4.69, 9.17) is 0 Å². The Kier molecular flexibility index (Phi) is 11.4. The molecule has 0 unspecified atom stereocenters. The predicted octanol–water partition coefficient (Wildman–Crippen LogP) is 14.0. The molecule has 0 atom stereocenters. The molecule has 0 heterocycles. The highest BCUT2D eigenvalue weighted by molar-refractivity contribution is 6.03. The van der Waals surface area contributed by atoms with Crippen LogP contribution < -0.4 is 0 Å². The zero-order valence-electron chi connectivity index (χ0n) is 28.4. The summed E-state index contributed by atoms with van der Waals surface area (Å²) < 4.78 is 47.3. The average Bonchev–Trinajstić information content (AvgIpc) is 3.06. The van der Waals surface area contributed by atoms with Gasteiger partial charge in [0.1, 0.15) is 5.82 Å². The third kappa shape index (κ3) is 7.23. The molecule has 0 spiro atoms. The molecule has 0 radical (unpaired) electrons. The fourth-order valence-corrected chi connectivity index (χ4v) is 10.0. The lowest BCUT2D eigenvalue weighted by Gasteiger charge is -2.38. The van der Waals surface area contributed by atoms with Crippen molar-refractivity contribution in [2.24, 2.45) is 23.7 Å². The fourth-order valence-electron chi connectivity index (χ4n) is 10.0. The topological polar surface area (TPSA) is 0 Å². The number of fused-ring (bicyclic) bond motifs is 4. The number of benzene rings is 2. The summed E-state index contributed by atoms with van der Waals surface area (Å²) >= 11 is 0. The van der Waals surface area contributed by atoms with Crippen LogP contribution >= 0.6 is 0 Å². The first-order chi connectivity index (χ1) is 22.0. The van der Waals surface area contributed by atoms with Crippen LogP contribution in [0.4, 0.5) is 13.2 Å². The largest absolute Gasteiger partial charge is 0.206 e. The predicted molar refractivity (Wildman–Crippen MR) is 183 cm³/mol. The molecule has 248 valence electrons.